The number of thiophene rings is 1. The van der Waals surface area contributed by atoms with Gasteiger partial charge in [0.2, 0.25) is 5.91 Å². The van der Waals surface area contributed by atoms with Gasteiger partial charge in [-0.2, -0.15) is 5.10 Å². The molecule has 2 N–H and O–H groups in total. The number of H-pyrrole nitrogens is 1. The molecule has 3 aromatic rings. The van der Waals surface area contributed by atoms with Crippen LogP contribution in [0.3, 0.4) is 0 Å². The maximum atomic E-state index is 12.6. The number of nitrogens with one attached hydrogen (secondary N) is 2. The summed E-state index contributed by atoms with van der Waals surface area (Å²) in [4.78, 5) is 13.6. The van der Waals surface area contributed by atoms with Gasteiger partial charge < -0.3 is 5.32 Å². The highest BCUT2D eigenvalue weighted by molar-refractivity contribution is 7.71. The Morgan fingerprint density at radius 3 is 2.80 bits per heavy atom. The number of nitrogens with zero attached hydrogens (tertiary/aromatic N) is 2. The quantitative estimate of drug-likeness (QED) is 0.607. The fourth-order valence-electron chi connectivity index (χ4n) is 2.74. The summed E-state index contributed by atoms with van der Waals surface area (Å²) in [5.41, 5.74) is 1.12. The van der Waals surface area contributed by atoms with Crippen LogP contribution in [-0.2, 0) is 11.3 Å². The highest BCUT2D eigenvalue weighted by Crippen LogP contribution is 2.23. The molecule has 0 spiro atoms. The number of carbonyl (C=O) groups excluding carboxylic acids is 1. The van der Waals surface area contributed by atoms with Crippen LogP contribution < -0.4 is 5.32 Å². The second-order valence-electron chi connectivity index (χ2n) is 5.74. The third kappa shape index (κ3) is 4.24. The smallest absolute Gasteiger partial charge is 0.240 e. The molecule has 0 saturated carbocycles. The van der Waals surface area contributed by atoms with Crippen molar-refractivity contribution in [2.45, 2.75) is 32.4 Å². The van der Waals surface area contributed by atoms with Crippen molar-refractivity contribution in [2.75, 3.05) is 0 Å². The van der Waals surface area contributed by atoms with Crippen LogP contribution in [0.5, 0.6) is 0 Å². The minimum atomic E-state index is -0.0717. The minimum absolute atomic E-state index is 0.00459. The molecule has 5 nitrogen and oxygen atoms in total. The van der Waals surface area contributed by atoms with E-state index in [4.69, 9.17) is 12.2 Å². The van der Waals surface area contributed by atoms with Crippen LogP contribution >= 0.6 is 23.6 Å². The predicted molar refractivity (Wildman–Crippen MR) is 103 cm³/mol. The van der Waals surface area contributed by atoms with E-state index >= 15 is 0 Å². The fourth-order valence-corrected chi connectivity index (χ4v) is 3.66. The highest BCUT2D eigenvalue weighted by Gasteiger charge is 2.17. The zero-order chi connectivity index (χ0) is 17.6. The van der Waals surface area contributed by atoms with Gasteiger partial charge >= 0.3 is 0 Å². The summed E-state index contributed by atoms with van der Waals surface area (Å²) in [6.45, 7) is 2.26. The number of hydrogen-bond acceptors (Lipinski definition) is 4. The van der Waals surface area contributed by atoms with Crippen molar-refractivity contribution in [3.63, 3.8) is 0 Å². The maximum Gasteiger partial charge on any atom is 0.240 e. The average molecular weight is 373 g/mol. The van der Waals surface area contributed by atoms with E-state index in [1.165, 1.54) is 0 Å². The van der Waals surface area contributed by atoms with Crippen molar-refractivity contribution in [1.29, 1.82) is 0 Å². The first-order valence-electron chi connectivity index (χ1n) is 8.22. The van der Waals surface area contributed by atoms with Gasteiger partial charge in [0.05, 0.1) is 10.9 Å². The highest BCUT2D eigenvalue weighted by atomic mass is 32.1. The largest absolute Gasteiger partial charge is 0.348 e. The molecule has 1 aromatic carbocycles. The number of benzene rings is 1. The molecular formula is C18H20N4OS2. The van der Waals surface area contributed by atoms with Crippen LogP contribution in [0.15, 0.2) is 47.8 Å². The molecule has 0 fully saturated rings. The number of hydrogen-bond donors (Lipinski definition) is 2. The Labute approximate surface area is 155 Å². The lowest BCUT2D eigenvalue weighted by molar-refractivity contribution is -0.122. The number of carbonyl (C=O) groups is 1. The van der Waals surface area contributed by atoms with Crippen molar-refractivity contribution >= 4 is 29.5 Å². The van der Waals surface area contributed by atoms with Crippen molar-refractivity contribution in [3.8, 4) is 10.7 Å². The number of amides is 1. The zero-order valence-corrected chi connectivity index (χ0v) is 15.6. The van der Waals surface area contributed by atoms with Crippen LogP contribution in [0.4, 0.5) is 0 Å². The Balaban J connectivity index is 1.76. The normalized spacial score (nSPS) is 12.0. The maximum absolute atomic E-state index is 12.6. The van der Waals surface area contributed by atoms with Crippen molar-refractivity contribution in [1.82, 2.24) is 20.1 Å². The van der Waals surface area contributed by atoms with Crippen LogP contribution in [0, 0.1) is 4.77 Å². The molecule has 25 heavy (non-hydrogen) atoms. The zero-order valence-electron chi connectivity index (χ0n) is 13.9. The summed E-state index contributed by atoms with van der Waals surface area (Å²) in [5.74, 6) is 0.625. The van der Waals surface area contributed by atoms with Crippen molar-refractivity contribution < 1.29 is 4.79 Å². The molecule has 2 heterocycles. The van der Waals surface area contributed by atoms with Gasteiger partial charge in [0, 0.05) is 0 Å². The van der Waals surface area contributed by atoms with Crippen LogP contribution in [0.1, 0.15) is 31.4 Å². The molecule has 3 rings (SSSR count). The predicted octanol–water partition coefficient (Wildman–Crippen LogP) is 4.33. The molecule has 7 heteroatoms. The van der Waals surface area contributed by atoms with Crippen LogP contribution in [0.2, 0.25) is 0 Å². The van der Waals surface area contributed by atoms with Gasteiger partial charge in [0.15, 0.2) is 10.6 Å². The van der Waals surface area contributed by atoms with Crippen LogP contribution in [-0.4, -0.2) is 20.7 Å². The Morgan fingerprint density at radius 1 is 1.32 bits per heavy atom. The molecule has 0 aliphatic heterocycles. The lowest BCUT2D eigenvalue weighted by atomic mass is 10.0. The van der Waals surface area contributed by atoms with E-state index in [-0.39, 0.29) is 18.5 Å². The van der Waals surface area contributed by atoms with E-state index in [2.05, 4.69) is 22.4 Å². The first-order chi connectivity index (χ1) is 12.2. The molecule has 1 atom stereocenters. The molecule has 1 amide bonds. The molecule has 0 bridgehead atoms. The summed E-state index contributed by atoms with van der Waals surface area (Å²) < 4.78 is 2.19. The Morgan fingerprint density at radius 2 is 2.12 bits per heavy atom. The van der Waals surface area contributed by atoms with Gasteiger partial charge in [-0.15, -0.1) is 11.3 Å². The number of aromatic nitrogens is 3. The summed E-state index contributed by atoms with van der Waals surface area (Å²) in [6, 6.07) is 14.0. The second kappa shape index (κ2) is 8.22. The summed E-state index contributed by atoms with van der Waals surface area (Å²) in [7, 11) is 0. The summed E-state index contributed by atoms with van der Waals surface area (Å²) in [6.07, 6.45) is 1.88. The number of rotatable bonds is 7. The van der Waals surface area contributed by atoms with E-state index in [0.29, 0.717) is 10.6 Å². The van der Waals surface area contributed by atoms with Gasteiger partial charge in [0.1, 0.15) is 6.54 Å². The first kappa shape index (κ1) is 17.6. The Hall–Kier alpha value is -2.25. The van der Waals surface area contributed by atoms with Gasteiger partial charge in [0.25, 0.3) is 0 Å². The molecule has 0 saturated heterocycles. The molecule has 2 aromatic heterocycles. The monoisotopic (exact) mass is 372 g/mol. The minimum Gasteiger partial charge on any atom is -0.348 e. The van der Waals surface area contributed by atoms with Gasteiger partial charge in [-0.3, -0.25) is 14.5 Å². The summed E-state index contributed by atoms with van der Waals surface area (Å²) in [5, 5.41) is 12.1. The van der Waals surface area contributed by atoms with E-state index < -0.39 is 0 Å². The van der Waals surface area contributed by atoms with E-state index in [0.717, 1.165) is 23.3 Å². The van der Waals surface area contributed by atoms with Gasteiger partial charge in [-0.25, -0.2) is 0 Å². The van der Waals surface area contributed by atoms with Gasteiger partial charge in [-0.1, -0.05) is 49.7 Å². The molecule has 0 aliphatic carbocycles. The molecule has 0 aliphatic rings. The van der Waals surface area contributed by atoms with Crippen molar-refractivity contribution in [3.05, 3.63) is 58.2 Å². The molecule has 0 unspecified atom stereocenters. The lowest BCUT2D eigenvalue weighted by Crippen LogP contribution is -2.31. The van der Waals surface area contributed by atoms with E-state index in [9.17, 15) is 4.79 Å². The Kier molecular flexibility index (Phi) is 5.78. The van der Waals surface area contributed by atoms with Crippen LogP contribution in [0.25, 0.3) is 10.7 Å². The molecular weight excluding hydrogens is 352 g/mol. The van der Waals surface area contributed by atoms with Gasteiger partial charge in [-0.05, 0) is 35.6 Å². The molecule has 0 radical (unpaired) electrons. The third-order valence-corrected chi connectivity index (χ3v) is 5.09. The average Bonchev–Trinajstić information content (AvgIpc) is 3.26. The summed E-state index contributed by atoms with van der Waals surface area (Å²) >= 11 is 6.86. The topological polar surface area (TPSA) is 62.7 Å². The second-order valence-corrected chi connectivity index (χ2v) is 7.07. The SMILES string of the molecule is CCC[C@H](NC(=O)Cn1c(-c2cccs2)n[nH]c1=S)c1ccccc1. The fraction of sp³-hybridized carbons (Fsp3) is 0.278. The molecule has 130 valence electrons. The third-order valence-electron chi connectivity index (χ3n) is 3.92. The first-order valence-corrected chi connectivity index (χ1v) is 9.51. The van der Waals surface area contributed by atoms with E-state index in [1.807, 2.05) is 47.8 Å². The van der Waals surface area contributed by atoms with E-state index in [1.54, 1.807) is 15.9 Å². The lowest BCUT2D eigenvalue weighted by Gasteiger charge is -2.19. The standard InChI is InChI=1S/C18H20N4OS2/c1-2-7-14(13-8-4-3-5-9-13)19-16(23)12-22-17(20-21-18(22)24)15-10-6-11-25-15/h3-6,8-11,14H,2,7,12H2,1H3,(H,19,23)(H,21,24)/t14-/m0/s1. The number of aromatic amines is 1. The van der Waals surface area contributed by atoms with Crippen molar-refractivity contribution in [2.24, 2.45) is 0 Å². The Bertz CT molecular complexity index is 868.